The van der Waals surface area contributed by atoms with E-state index in [9.17, 15) is 29.7 Å². The van der Waals surface area contributed by atoms with Crippen LogP contribution in [0.5, 0.6) is 0 Å². The van der Waals surface area contributed by atoms with E-state index in [1.54, 1.807) is 0 Å². The number of aliphatic hydroxyl groups is 1. The molecule has 0 fully saturated rings. The molecule has 0 amide bonds. The number of carbonyl (C=O) groups excluding carboxylic acids is 3. The molecule has 0 aliphatic carbocycles. The van der Waals surface area contributed by atoms with E-state index in [1.807, 2.05) is 0 Å². The monoisotopic (exact) mass is 351 g/mol. The minimum absolute atomic E-state index is 0. The fourth-order valence-electron chi connectivity index (χ4n) is 0.684. The molecule has 0 aliphatic rings. The quantitative estimate of drug-likeness (QED) is 0.485. The molecule has 0 aromatic carbocycles. The molecule has 1 N–H and O–H groups in total. The molecular formula is C6H5LaNaO7+. The van der Waals surface area contributed by atoms with Gasteiger partial charge in [0.1, 0.15) is 5.60 Å². The van der Waals surface area contributed by atoms with E-state index < -0.39 is 36.4 Å². The summed E-state index contributed by atoms with van der Waals surface area (Å²) >= 11 is 0. The Morgan fingerprint density at radius 1 is 1.00 bits per heavy atom. The van der Waals surface area contributed by atoms with E-state index >= 15 is 0 Å². The van der Waals surface area contributed by atoms with Crippen molar-refractivity contribution in [1.82, 2.24) is 0 Å². The zero-order valence-corrected chi connectivity index (χ0v) is 13.5. The van der Waals surface area contributed by atoms with E-state index in [-0.39, 0.29) is 65.2 Å². The summed E-state index contributed by atoms with van der Waals surface area (Å²) in [5.74, 6) is -5.98. The summed E-state index contributed by atoms with van der Waals surface area (Å²) in [6.07, 6.45) is -2.72. The molecule has 0 aromatic heterocycles. The number of hydrogen-bond donors (Lipinski definition) is 1. The first-order chi connectivity index (χ1) is 5.78. The van der Waals surface area contributed by atoms with Gasteiger partial charge in [0.05, 0.1) is 5.97 Å². The van der Waals surface area contributed by atoms with Crippen LogP contribution < -0.4 is 44.9 Å². The third-order valence-electron chi connectivity index (χ3n) is 1.25. The van der Waals surface area contributed by atoms with Crippen LogP contribution in [0.25, 0.3) is 0 Å². The van der Waals surface area contributed by atoms with Gasteiger partial charge in [-0.25, -0.2) is 0 Å². The molecule has 0 rings (SSSR count). The van der Waals surface area contributed by atoms with Crippen molar-refractivity contribution in [2.24, 2.45) is 0 Å². The van der Waals surface area contributed by atoms with Gasteiger partial charge < -0.3 is 34.8 Å². The van der Waals surface area contributed by atoms with Crippen LogP contribution in [0.1, 0.15) is 12.8 Å². The van der Waals surface area contributed by atoms with Gasteiger partial charge >= 0.3 is 65.2 Å². The number of carboxylic acid groups (broad SMARTS) is 3. The second-order valence-corrected chi connectivity index (χ2v) is 2.42. The summed E-state index contributed by atoms with van der Waals surface area (Å²) in [5, 5.41) is 38.9. The smallest absolute Gasteiger partial charge is 0.550 e. The van der Waals surface area contributed by atoms with Gasteiger partial charge in [-0.2, -0.15) is 0 Å². The van der Waals surface area contributed by atoms with Crippen LogP contribution in [0.15, 0.2) is 0 Å². The summed E-state index contributed by atoms with van der Waals surface area (Å²) < 4.78 is 0. The standard InChI is InChI=1S/C6H8O7.La.Na/c7-3(8)1-6(13,5(11)12)2-4(9)10;;/h13H,1-2H2,(H,7,8)(H,9,10)(H,11,12);;/q;+3;+1/p-3. The van der Waals surface area contributed by atoms with Crippen LogP contribution in [0.2, 0.25) is 0 Å². The number of hydrogen-bond acceptors (Lipinski definition) is 7. The van der Waals surface area contributed by atoms with Gasteiger partial charge in [-0.05, 0) is 0 Å². The van der Waals surface area contributed by atoms with Crippen molar-refractivity contribution >= 4 is 17.9 Å². The Morgan fingerprint density at radius 3 is 1.40 bits per heavy atom. The Kier molecular flexibility index (Phi) is 12.1. The molecule has 0 unspecified atom stereocenters. The first-order valence-electron chi connectivity index (χ1n) is 3.11. The van der Waals surface area contributed by atoms with Gasteiger partial charge in [-0.1, -0.05) is 0 Å². The van der Waals surface area contributed by atoms with E-state index in [1.165, 1.54) is 0 Å². The van der Waals surface area contributed by atoms with Gasteiger partial charge in [-0.3, -0.25) is 0 Å². The van der Waals surface area contributed by atoms with Crippen molar-refractivity contribution in [3.05, 3.63) is 0 Å². The molecule has 0 bridgehead atoms. The number of carboxylic acids is 3. The third-order valence-corrected chi connectivity index (χ3v) is 1.25. The maximum atomic E-state index is 10.1. The van der Waals surface area contributed by atoms with Crippen molar-refractivity contribution in [1.29, 1.82) is 0 Å². The average Bonchev–Trinajstić information content (AvgIpc) is 1.82. The van der Waals surface area contributed by atoms with Crippen molar-refractivity contribution < 1.29 is 100.0 Å². The maximum Gasteiger partial charge on any atom is 3.00 e. The molecule has 0 atom stereocenters. The van der Waals surface area contributed by atoms with Gasteiger partial charge in [0.25, 0.3) is 0 Å². The minimum atomic E-state index is -2.97. The zero-order chi connectivity index (χ0) is 10.6. The largest absolute Gasteiger partial charge is 3.00 e. The van der Waals surface area contributed by atoms with E-state index in [2.05, 4.69) is 0 Å². The van der Waals surface area contributed by atoms with E-state index in [0.717, 1.165) is 0 Å². The summed E-state index contributed by atoms with van der Waals surface area (Å²) in [6.45, 7) is 0. The molecular weight excluding hydrogens is 346 g/mol. The molecule has 7 nitrogen and oxygen atoms in total. The third kappa shape index (κ3) is 8.38. The summed E-state index contributed by atoms with van der Waals surface area (Å²) in [5.41, 5.74) is -2.97. The Hall–Kier alpha value is 0.565. The second-order valence-electron chi connectivity index (χ2n) is 2.42. The van der Waals surface area contributed by atoms with Gasteiger partial charge in [-0.15, -0.1) is 0 Å². The second kappa shape index (κ2) is 8.69. The van der Waals surface area contributed by atoms with Crippen LogP contribution >= 0.6 is 0 Å². The van der Waals surface area contributed by atoms with Gasteiger partial charge in [0.2, 0.25) is 0 Å². The van der Waals surface area contributed by atoms with Crippen molar-refractivity contribution in [2.75, 3.05) is 0 Å². The summed E-state index contributed by atoms with van der Waals surface area (Å²) in [4.78, 5) is 30.0. The molecule has 0 aromatic rings. The Morgan fingerprint density at radius 2 is 1.27 bits per heavy atom. The zero-order valence-electron chi connectivity index (χ0n) is 7.89. The average molecular weight is 351 g/mol. The Labute approximate surface area is 135 Å². The number of carbonyl (C=O) groups is 3. The maximum absolute atomic E-state index is 10.1. The van der Waals surface area contributed by atoms with Crippen LogP contribution in [0.3, 0.4) is 0 Å². The molecule has 0 heterocycles. The molecule has 9 heteroatoms. The Balaban J connectivity index is -0.000000720. The first kappa shape index (κ1) is 20.9. The van der Waals surface area contributed by atoms with Crippen molar-refractivity contribution in [3.63, 3.8) is 0 Å². The van der Waals surface area contributed by atoms with Crippen LogP contribution in [0, 0.1) is 35.6 Å². The van der Waals surface area contributed by atoms with Crippen LogP contribution in [-0.4, -0.2) is 28.6 Å². The Bertz CT molecular complexity index is 238. The normalized spacial score (nSPS) is 9.40. The van der Waals surface area contributed by atoms with E-state index in [0.29, 0.717) is 0 Å². The van der Waals surface area contributed by atoms with Crippen molar-refractivity contribution in [3.8, 4) is 0 Å². The minimum Gasteiger partial charge on any atom is -0.550 e. The van der Waals surface area contributed by atoms with Crippen LogP contribution in [0.4, 0.5) is 0 Å². The molecule has 0 saturated carbocycles. The number of rotatable bonds is 5. The molecule has 0 aliphatic heterocycles. The van der Waals surface area contributed by atoms with E-state index in [4.69, 9.17) is 5.11 Å². The first-order valence-corrected chi connectivity index (χ1v) is 3.11. The fraction of sp³-hybridized carbons (Fsp3) is 0.500. The SMILES string of the molecule is O=C([O-])CC(O)(CC(=O)[O-])C(=O)[O-].[La+3].[Na+]. The topological polar surface area (TPSA) is 141 Å². The number of aliphatic carboxylic acids is 3. The molecule has 0 radical (unpaired) electrons. The predicted molar refractivity (Wildman–Crippen MR) is 29.2 cm³/mol. The van der Waals surface area contributed by atoms with Gasteiger partial charge in [0, 0.05) is 24.8 Å². The van der Waals surface area contributed by atoms with Crippen LogP contribution in [-0.2, 0) is 14.4 Å². The molecule has 0 spiro atoms. The summed E-state index contributed by atoms with van der Waals surface area (Å²) in [6, 6.07) is 0. The van der Waals surface area contributed by atoms with Crippen molar-refractivity contribution in [2.45, 2.75) is 18.4 Å². The molecule has 74 valence electrons. The molecule has 0 saturated heterocycles. The fourth-order valence-corrected chi connectivity index (χ4v) is 0.684. The summed E-state index contributed by atoms with van der Waals surface area (Å²) in [7, 11) is 0. The van der Waals surface area contributed by atoms with Gasteiger partial charge in [0.15, 0.2) is 0 Å². The molecule has 15 heavy (non-hydrogen) atoms. The predicted octanol–water partition coefficient (Wildman–Crippen LogP) is -8.25.